The standard InChI is InChI=1S/C25H33N3O5S/c1-18-14-28(19(2)17-29)34(31,32)25-8-7-21(6-5-20(3)30)13-23(25)33-24(18)16-27(4)15-22-9-11-26-12-10-22/h7-13,18-20,24,29-30H,14-17H2,1-4H3/t18-,19+,20+,24+/m0/s1. The Hall–Kier alpha value is -2.48. The smallest absolute Gasteiger partial charge is 0.247 e. The van der Waals surface area contributed by atoms with Crippen LogP contribution in [0.4, 0.5) is 0 Å². The summed E-state index contributed by atoms with van der Waals surface area (Å²) in [6.07, 6.45) is 2.39. The van der Waals surface area contributed by atoms with Gasteiger partial charge >= 0.3 is 0 Å². The van der Waals surface area contributed by atoms with Gasteiger partial charge in [0.2, 0.25) is 10.0 Å². The van der Waals surface area contributed by atoms with Crippen LogP contribution < -0.4 is 4.74 Å². The Kier molecular flexibility index (Phi) is 8.68. The largest absolute Gasteiger partial charge is 0.487 e. The molecule has 1 aliphatic heterocycles. The van der Waals surface area contributed by atoms with Gasteiger partial charge in [-0.25, -0.2) is 8.42 Å². The van der Waals surface area contributed by atoms with Gasteiger partial charge in [-0.2, -0.15) is 4.31 Å². The second kappa shape index (κ2) is 11.3. The van der Waals surface area contributed by atoms with Crippen LogP contribution in [0.3, 0.4) is 0 Å². The van der Waals surface area contributed by atoms with Gasteiger partial charge < -0.3 is 14.9 Å². The number of aliphatic hydroxyl groups excluding tert-OH is 2. The normalized spacial score (nSPS) is 21.9. The van der Waals surface area contributed by atoms with Crippen molar-refractivity contribution in [3.63, 3.8) is 0 Å². The van der Waals surface area contributed by atoms with E-state index in [4.69, 9.17) is 4.74 Å². The van der Waals surface area contributed by atoms with Crippen LogP contribution in [0.5, 0.6) is 5.75 Å². The Bertz CT molecular complexity index is 1130. The van der Waals surface area contributed by atoms with E-state index in [2.05, 4.69) is 21.7 Å². The molecule has 0 unspecified atom stereocenters. The molecule has 0 bridgehead atoms. The summed E-state index contributed by atoms with van der Waals surface area (Å²) in [5.74, 6) is 5.61. The quantitative estimate of drug-likeness (QED) is 0.598. The number of rotatable bonds is 6. The van der Waals surface area contributed by atoms with Crippen molar-refractivity contribution in [2.45, 2.75) is 50.5 Å². The maximum atomic E-state index is 13.5. The lowest BCUT2D eigenvalue weighted by Crippen LogP contribution is -2.49. The predicted octanol–water partition coefficient (Wildman–Crippen LogP) is 1.71. The zero-order chi connectivity index (χ0) is 24.9. The molecule has 2 aromatic rings. The summed E-state index contributed by atoms with van der Waals surface area (Å²) in [4.78, 5) is 6.23. The van der Waals surface area contributed by atoms with Crippen molar-refractivity contribution < 1.29 is 23.4 Å². The van der Waals surface area contributed by atoms with Gasteiger partial charge in [0.15, 0.2) is 0 Å². The van der Waals surface area contributed by atoms with E-state index in [0.29, 0.717) is 18.7 Å². The number of pyridine rings is 1. The summed E-state index contributed by atoms with van der Waals surface area (Å²) in [5, 5.41) is 19.3. The lowest BCUT2D eigenvalue weighted by atomic mass is 10.0. The third-order valence-corrected chi connectivity index (χ3v) is 7.81. The van der Waals surface area contributed by atoms with Gasteiger partial charge in [0.05, 0.1) is 6.61 Å². The molecule has 34 heavy (non-hydrogen) atoms. The minimum Gasteiger partial charge on any atom is -0.487 e. The Balaban J connectivity index is 1.99. The number of ether oxygens (including phenoxy) is 1. The average Bonchev–Trinajstić information content (AvgIpc) is 2.80. The number of aliphatic hydroxyl groups is 2. The molecule has 0 saturated heterocycles. The molecule has 2 N–H and O–H groups in total. The van der Waals surface area contributed by atoms with Crippen molar-refractivity contribution in [1.29, 1.82) is 0 Å². The van der Waals surface area contributed by atoms with Gasteiger partial charge in [-0.05, 0) is 56.8 Å². The van der Waals surface area contributed by atoms with Crippen molar-refractivity contribution in [1.82, 2.24) is 14.2 Å². The molecule has 1 aromatic heterocycles. The second-order valence-electron chi connectivity index (χ2n) is 8.90. The minimum absolute atomic E-state index is 0.0454. The SMILES string of the molecule is C[C@H](CO)N1C[C@H](C)[C@@H](CN(C)Cc2ccncc2)Oc2cc(C#C[C@@H](C)O)ccc2S1(=O)=O. The molecule has 0 fully saturated rings. The van der Waals surface area contributed by atoms with Crippen LogP contribution in [0.25, 0.3) is 0 Å². The summed E-state index contributed by atoms with van der Waals surface area (Å²) >= 11 is 0. The van der Waals surface area contributed by atoms with Crippen LogP contribution in [0, 0.1) is 17.8 Å². The van der Waals surface area contributed by atoms with Gasteiger partial charge in [0, 0.05) is 49.6 Å². The zero-order valence-electron chi connectivity index (χ0n) is 20.0. The third-order valence-electron chi connectivity index (χ3n) is 5.79. The summed E-state index contributed by atoms with van der Waals surface area (Å²) < 4.78 is 34.7. The molecule has 1 aliphatic rings. The van der Waals surface area contributed by atoms with Crippen molar-refractivity contribution >= 4 is 10.0 Å². The van der Waals surface area contributed by atoms with Crippen LogP contribution in [-0.4, -0.2) is 77.8 Å². The first-order valence-electron chi connectivity index (χ1n) is 11.3. The fourth-order valence-electron chi connectivity index (χ4n) is 3.88. The molecule has 184 valence electrons. The molecule has 0 spiro atoms. The molecule has 8 nitrogen and oxygen atoms in total. The average molecular weight is 488 g/mol. The van der Waals surface area contributed by atoms with E-state index in [9.17, 15) is 18.6 Å². The van der Waals surface area contributed by atoms with E-state index < -0.39 is 22.2 Å². The van der Waals surface area contributed by atoms with Gasteiger partial charge in [0.25, 0.3) is 0 Å². The van der Waals surface area contributed by atoms with Crippen molar-refractivity contribution in [3.8, 4) is 17.6 Å². The molecule has 0 amide bonds. The van der Waals surface area contributed by atoms with Crippen LogP contribution >= 0.6 is 0 Å². The molecule has 2 heterocycles. The van der Waals surface area contributed by atoms with E-state index in [1.807, 2.05) is 26.1 Å². The number of fused-ring (bicyclic) bond motifs is 1. The Morgan fingerprint density at radius 1 is 1.26 bits per heavy atom. The summed E-state index contributed by atoms with van der Waals surface area (Å²) in [6.45, 7) is 6.41. The van der Waals surface area contributed by atoms with E-state index in [0.717, 1.165) is 5.56 Å². The molecule has 3 rings (SSSR count). The van der Waals surface area contributed by atoms with Crippen molar-refractivity contribution in [3.05, 3.63) is 53.9 Å². The first-order valence-corrected chi connectivity index (χ1v) is 12.8. The highest BCUT2D eigenvalue weighted by Crippen LogP contribution is 2.34. The number of sulfonamides is 1. The highest BCUT2D eigenvalue weighted by Gasteiger charge is 2.38. The van der Waals surface area contributed by atoms with E-state index in [1.54, 1.807) is 38.4 Å². The summed E-state index contributed by atoms with van der Waals surface area (Å²) in [7, 11) is -1.91. The Morgan fingerprint density at radius 2 is 1.97 bits per heavy atom. The van der Waals surface area contributed by atoms with Crippen LogP contribution in [0.1, 0.15) is 31.9 Å². The van der Waals surface area contributed by atoms with E-state index in [-0.39, 0.29) is 35.8 Å². The number of aromatic nitrogens is 1. The van der Waals surface area contributed by atoms with Crippen molar-refractivity contribution in [2.75, 3.05) is 26.7 Å². The molecule has 1 aromatic carbocycles. The van der Waals surface area contributed by atoms with E-state index in [1.165, 1.54) is 10.4 Å². The number of benzene rings is 1. The third kappa shape index (κ3) is 6.34. The molecule has 4 atom stereocenters. The molecule has 0 saturated carbocycles. The maximum absolute atomic E-state index is 13.5. The van der Waals surface area contributed by atoms with E-state index >= 15 is 0 Å². The fraction of sp³-hybridized carbons (Fsp3) is 0.480. The number of likely N-dealkylation sites (N-methyl/N-ethyl adjacent to an activating group) is 1. The first-order chi connectivity index (χ1) is 16.1. The minimum atomic E-state index is -3.91. The highest BCUT2D eigenvalue weighted by atomic mass is 32.2. The highest BCUT2D eigenvalue weighted by molar-refractivity contribution is 7.89. The maximum Gasteiger partial charge on any atom is 0.247 e. The topological polar surface area (TPSA) is 103 Å². The first kappa shape index (κ1) is 26.1. The molecule has 0 aliphatic carbocycles. The van der Waals surface area contributed by atoms with Gasteiger partial charge in [-0.15, -0.1) is 0 Å². The Labute approximate surface area is 202 Å². The van der Waals surface area contributed by atoms with Gasteiger partial charge in [-0.3, -0.25) is 9.88 Å². The lowest BCUT2D eigenvalue weighted by molar-refractivity contribution is 0.0733. The van der Waals surface area contributed by atoms with Crippen LogP contribution in [-0.2, 0) is 16.6 Å². The summed E-state index contributed by atoms with van der Waals surface area (Å²) in [6, 6.07) is 8.03. The molecular weight excluding hydrogens is 454 g/mol. The molecule has 9 heteroatoms. The number of nitrogens with zero attached hydrogens (tertiary/aromatic N) is 3. The zero-order valence-corrected chi connectivity index (χ0v) is 20.9. The number of hydrogen-bond acceptors (Lipinski definition) is 7. The van der Waals surface area contributed by atoms with Crippen LogP contribution in [0.2, 0.25) is 0 Å². The summed E-state index contributed by atoms with van der Waals surface area (Å²) in [5.41, 5.74) is 1.67. The number of hydrogen-bond donors (Lipinski definition) is 2. The monoisotopic (exact) mass is 487 g/mol. The van der Waals surface area contributed by atoms with Gasteiger partial charge in [-0.1, -0.05) is 18.8 Å². The second-order valence-corrected chi connectivity index (χ2v) is 10.8. The van der Waals surface area contributed by atoms with Gasteiger partial charge in [0.1, 0.15) is 22.9 Å². The van der Waals surface area contributed by atoms with Crippen molar-refractivity contribution in [2.24, 2.45) is 5.92 Å². The lowest BCUT2D eigenvalue weighted by Gasteiger charge is -2.37. The Morgan fingerprint density at radius 3 is 2.62 bits per heavy atom. The molecular formula is C25H33N3O5S. The predicted molar refractivity (Wildman–Crippen MR) is 130 cm³/mol. The molecule has 0 radical (unpaired) electrons. The van der Waals surface area contributed by atoms with Crippen LogP contribution in [0.15, 0.2) is 47.6 Å². The fourth-order valence-corrected chi connectivity index (χ4v) is 5.71.